The number of hydrogen-bond acceptors (Lipinski definition) is 7. The molecule has 1 atom stereocenters. The summed E-state index contributed by atoms with van der Waals surface area (Å²) in [6, 6.07) is 20.7. The minimum atomic E-state index is -0.407. The minimum Gasteiger partial charge on any atom is -0.497 e. The summed E-state index contributed by atoms with van der Waals surface area (Å²) in [5.74, 6) is 2.49. The van der Waals surface area contributed by atoms with Gasteiger partial charge in [-0.15, -0.1) is 0 Å². The molecule has 1 aliphatic rings. The van der Waals surface area contributed by atoms with Gasteiger partial charge in [-0.2, -0.15) is 0 Å². The van der Waals surface area contributed by atoms with Gasteiger partial charge in [0.05, 0.1) is 41.0 Å². The Morgan fingerprint density at radius 1 is 0.854 bits per heavy atom. The number of halogens is 1. The molecule has 1 aliphatic heterocycles. The maximum atomic E-state index is 14.0. The van der Waals surface area contributed by atoms with Crippen molar-refractivity contribution in [2.45, 2.75) is 26.1 Å². The number of pyridine rings is 1. The number of rotatable bonds is 10. The second kappa shape index (κ2) is 12.0. The number of aryl methyl sites for hydroxylation is 1. The van der Waals surface area contributed by atoms with E-state index in [9.17, 15) is 4.79 Å². The van der Waals surface area contributed by atoms with Gasteiger partial charge >= 0.3 is 0 Å². The van der Waals surface area contributed by atoms with Crippen LogP contribution in [0.2, 0.25) is 5.15 Å². The van der Waals surface area contributed by atoms with Crippen LogP contribution < -0.4 is 24.3 Å². The summed E-state index contributed by atoms with van der Waals surface area (Å²) < 4.78 is 22.0. The van der Waals surface area contributed by atoms with Gasteiger partial charge in [-0.1, -0.05) is 35.9 Å². The first-order chi connectivity index (χ1) is 19.9. The third-order valence-corrected chi connectivity index (χ3v) is 7.55. The molecule has 0 aliphatic carbocycles. The smallest absolute Gasteiger partial charge is 0.274 e. The van der Waals surface area contributed by atoms with Crippen molar-refractivity contribution in [3.63, 3.8) is 0 Å². The number of methoxy groups -OCH3 is 4. The Balaban J connectivity index is 1.59. The van der Waals surface area contributed by atoms with Crippen molar-refractivity contribution in [2.24, 2.45) is 0 Å². The molecule has 1 amide bonds. The molecule has 1 aromatic heterocycles. The number of amides is 1. The highest BCUT2D eigenvalue weighted by atomic mass is 35.5. The predicted molar refractivity (Wildman–Crippen MR) is 159 cm³/mol. The number of ether oxygens (including phenoxy) is 4. The summed E-state index contributed by atoms with van der Waals surface area (Å²) in [5.41, 5.74) is 5.65. The zero-order valence-corrected chi connectivity index (χ0v) is 24.4. The first-order valence-corrected chi connectivity index (χ1v) is 13.5. The standard InChI is InChI=1S/C32H32ClN3O5/c1-19-8-6-7-9-24(19)31-29-25(34-17-20-10-12-22(38-2)14-26(20)40-4)16-28(33)35-30(29)32(37)36(31)18-21-11-13-23(39-3)15-27(21)41-5/h6-16,31H,17-18H2,1-5H3,(H,34,35). The van der Waals surface area contributed by atoms with Crippen molar-refractivity contribution in [2.75, 3.05) is 33.8 Å². The van der Waals surface area contributed by atoms with E-state index in [0.29, 0.717) is 41.8 Å². The average molecular weight is 574 g/mol. The van der Waals surface area contributed by atoms with Crippen LogP contribution in [0.3, 0.4) is 0 Å². The van der Waals surface area contributed by atoms with Crippen molar-refractivity contribution in [1.29, 1.82) is 0 Å². The van der Waals surface area contributed by atoms with Gasteiger partial charge in [0.2, 0.25) is 0 Å². The van der Waals surface area contributed by atoms with E-state index in [0.717, 1.165) is 33.5 Å². The van der Waals surface area contributed by atoms with E-state index in [-0.39, 0.29) is 11.1 Å². The molecular weight excluding hydrogens is 542 g/mol. The molecule has 1 unspecified atom stereocenters. The molecule has 0 fully saturated rings. The number of nitrogens with one attached hydrogen (secondary N) is 1. The largest absolute Gasteiger partial charge is 0.497 e. The van der Waals surface area contributed by atoms with E-state index in [1.807, 2.05) is 72.5 Å². The number of nitrogens with zero attached hydrogens (tertiary/aromatic N) is 2. The van der Waals surface area contributed by atoms with Gasteiger partial charge < -0.3 is 29.2 Å². The van der Waals surface area contributed by atoms with E-state index in [1.165, 1.54) is 0 Å². The van der Waals surface area contributed by atoms with Crippen molar-refractivity contribution in [1.82, 2.24) is 9.88 Å². The highest BCUT2D eigenvalue weighted by Gasteiger charge is 2.42. The van der Waals surface area contributed by atoms with Crippen molar-refractivity contribution in [3.8, 4) is 23.0 Å². The Hall–Kier alpha value is -4.43. The Morgan fingerprint density at radius 3 is 2.12 bits per heavy atom. The zero-order valence-electron chi connectivity index (χ0n) is 23.7. The number of carbonyl (C=O) groups excluding carboxylic acids is 1. The molecular formula is C32H32ClN3O5. The maximum absolute atomic E-state index is 14.0. The molecule has 212 valence electrons. The average Bonchev–Trinajstić information content (AvgIpc) is 3.26. The third kappa shape index (κ3) is 5.47. The lowest BCUT2D eigenvalue weighted by atomic mass is 9.94. The van der Waals surface area contributed by atoms with Crippen LogP contribution in [0.4, 0.5) is 5.69 Å². The van der Waals surface area contributed by atoms with Crippen molar-refractivity contribution < 1.29 is 23.7 Å². The molecule has 8 nitrogen and oxygen atoms in total. The fraction of sp³-hybridized carbons (Fsp3) is 0.250. The van der Waals surface area contributed by atoms with Crippen LogP contribution in [0.1, 0.15) is 44.3 Å². The Labute approximate surface area is 244 Å². The summed E-state index contributed by atoms with van der Waals surface area (Å²) in [5, 5.41) is 3.74. The predicted octanol–water partition coefficient (Wildman–Crippen LogP) is 6.44. The van der Waals surface area contributed by atoms with Crippen LogP contribution in [-0.2, 0) is 13.1 Å². The van der Waals surface area contributed by atoms with Gasteiger partial charge in [-0.3, -0.25) is 4.79 Å². The number of benzene rings is 3. The summed E-state index contributed by atoms with van der Waals surface area (Å²) in [7, 11) is 6.45. The second-order valence-electron chi connectivity index (χ2n) is 9.66. The molecule has 4 aromatic rings. The maximum Gasteiger partial charge on any atom is 0.274 e. The van der Waals surface area contributed by atoms with E-state index < -0.39 is 6.04 Å². The number of carbonyl (C=O) groups is 1. The van der Waals surface area contributed by atoms with Gasteiger partial charge in [0.25, 0.3) is 5.91 Å². The first-order valence-electron chi connectivity index (χ1n) is 13.1. The highest BCUT2D eigenvalue weighted by molar-refractivity contribution is 6.30. The molecule has 5 rings (SSSR count). The van der Waals surface area contributed by atoms with Crippen LogP contribution in [0, 0.1) is 6.92 Å². The second-order valence-corrected chi connectivity index (χ2v) is 10.0. The topological polar surface area (TPSA) is 82.2 Å². The monoisotopic (exact) mass is 573 g/mol. The molecule has 1 N–H and O–H groups in total. The van der Waals surface area contributed by atoms with Gasteiger partial charge in [0.1, 0.15) is 33.8 Å². The molecule has 9 heteroatoms. The molecule has 0 spiro atoms. The summed E-state index contributed by atoms with van der Waals surface area (Å²) in [6.07, 6.45) is 0. The number of hydrogen-bond donors (Lipinski definition) is 1. The molecule has 41 heavy (non-hydrogen) atoms. The SMILES string of the molecule is COc1ccc(CNc2cc(Cl)nc3c2C(c2ccccc2C)N(Cc2ccc(OC)cc2OC)C3=O)c(OC)c1. The summed E-state index contributed by atoms with van der Waals surface area (Å²) in [6.45, 7) is 2.77. The Morgan fingerprint density at radius 2 is 1.49 bits per heavy atom. The fourth-order valence-corrected chi connectivity index (χ4v) is 5.45. The number of fused-ring (bicyclic) bond motifs is 1. The Bertz CT molecular complexity index is 1590. The number of anilines is 1. The van der Waals surface area contributed by atoms with Crippen LogP contribution in [0.15, 0.2) is 66.7 Å². The van der Waals surface area contributed by atoms with E-state index in [1.54, 1.807) is 34.5 Å². The van der Waals surface area contributed by atoms with Crippen molar-refractivity contribution in [3.05, 3.63) is 105 Å². The quantitative estimate of drug-likeness (QED) is 0.219. The van der Waals surface area contributed by atoms with Crippen LogP contribution >= 0.6 is 11.6 Å². The van der Waals surface area contributed by atoms with Gasteiger partial charge in [-0.05, 0) is 48.4 Å². The zero-order chi connectivity index (χ0) is 29.1. The van der Waals surface area contributed by atoms with Gasteiger partial charge in [0.15, 0.2) is 0 Å². The summed E-state index contributed by atoms with van der Waals surface area (Å²) in [4.78, 5) is 20.4. The normalized spacial score (nSPS) is 14.0. The van der Waals surface area contributed by atoms with E-state index in [4.69, 9.17) is 30.5 Å². The van der Waals surface area contributed by atoms with Gasteiger partial charge in [-0.25, -0.2) is 4.98 Å². The molecule has 2 heterocycles. The number of aromatic nitrogens is 1. The molecule has 3 aromatic carbocycles. The molecule has 0 saturated carbocycles. The van der Waals surface area contributed by atoms with E-state index >= 15 is 0 Å². The lowest BCUT2D eigenvalue weighted by Gasteiger charge is -2.28. The molecule has 0 saturated heterocycles. The van der Waals surface area contributed by atoms with Gasteiger partial charge in [0, 0.05) is 41.1 Å². The molecule has 0 bridgehead atoms. The minimum absolute atomic E-state index is 0.210. The fourth-order valence-electron chi connectivity index (χ4n) is 5.25. The highest BCUT2D eigenvalue weighted by Crippen LogP contribution is 2.45. The van der Waals surface area contributed by atoms with Crippen molar-refractivity contribution >= 4 is 23.2 Å². The molecule has 0 radical (unpaired) electrons. The van der Waals surface area contributed by atoms with Crippen LogP contribution in [0.5, 0.6) is 23.0 Å². The van der Waals surface area contributed by atoms with E-state index in [2.05, 4.69) is 10.3 Å². The third-order valence-electron chi connectivity index (χ3n) is 7.36. The Kier molecular flexibility index (Phi) is 8.21. The van der Waals surface area contributed by atoms with Crippen LogP contribution in [0.25, 0.3) is 0 Å². The first kappa shape index (κ1) is 28.1. The van der Waals surface area contributed by atoms with Crippen LogP contribution in [-0.4, -0.2) is 44.2 Å². The lowest BCUT2D eigenvalue weighted by Crippen LogP contribution is -2.29. The lowest BCUT2D eigenvalue weighted by molar-refractivity contribution is 0.0730. The summed E-state index contributed by atoms with van der Waals surface area (Å²) >= 11 is 6.49.